The molecule has 1 fully saturated rings. The Morgan fingerprint density at radius 3 is 3.10 bits per heavy atom. The number of nitrogens with zero attached hydrogens (tertiary/aromatic N) is 2. The van der Waals surface area contributed by atoms with E-state index in [2.05, 4.69) is 4.98 Å². The van der Waals surface area contributed by atoms with Crippen LogP contribution in [0.2, 0.25) is 0 Å². The van der Waals surface area contributed by atoms with Crippen LogP contribution in [0.4, 0.5) is 0 Å². The smallest absolute Gasteiger partial charge is 0.306 e. The van der Waals surface area contributed by atoms with Gasteiger partial charge in [-0.3, -0.25) is 9.20 Å². The van der Waals surface area contributed by atoms with Crippen molar-refractivity contribution >= 4 is 34.0 Å². The van der Waals surface area contributed by atoms with Gasteiger partial charge < -0.3 is 9.84 Å². The zero-order valence-corrected chi connectivity index (χ0v) is 12.8. The third kappa shape index (κ3) is 2.57. The minimum Gasteiger partial charge on any atom is -0.469 e. The van der Waals surface area contributed by atoms with Gasteiger partial charge in [-0.2, -0.15) is 0 Å². The van der Waals surface area contributed by atoms with E-state index in [0.29, 0.717) is 6.42 Å². The van der Waals surface area contributed by atoms with E-state index < -0.39 is 0 Å². The second-order valence-electron chi connectivity index (χ2n) is 5.12. The number of hydrogen-bond acceptors (Lipinski definition) is 6. The number of aromatic nitrogens is 2. The summed E-state index contributed by atoms with van der Waals surface area (Å²) < 4.78 is 6.68. The van der Waals surface area contributed by atoms with Gasteiger partial charge in [0.2, 0.25) is 0 Å². The van der Waals surface area contributed by atoms with Gasteiger partial charge in [0.1, 0.15) is 5.03 Å². The highest BCUT2D eigenvalue weighted by molar-refractivity contribution is 7.99. The molecule has 1 saturated carbocycles. The molecule has 0 radical (unpaired) electrons. The van der Waals surface area contributed by atoms with Gasteiger partial charge >= 0.3 is 5.97 Å². The Hall–Kier alpha value is -1.05. The summed E-state index contributed by atoms with van der Waals surface area (Å²) in [5.74, 6) is 0.705. The average molecular weight is 312 g/mol. The summed E-state index contributed by atoms with van der Waals surface area (Å²) in [5.41, 5.74) is 0.904. The first kappa shape index (κ1) is 13.9. The standard InChI is InChI=1S/C13H16N2O3S2/c1-18-10(17)6-13(2-3-13)8-20-11-9(7-16)15-4-5-19-12(15)14-11/h4-5,16H,2-3,6-8H2,1H3. The van der Waals surface area contributed by atoms with Crippen LogP contribution >= 0.6 is 23.1 Å². The molecule has 20 heavy (non-hydrogen) atoms. The van der Waals surface area contributed by atoms with Crippen molar-refractivity contribution in [2.45, 2.75) is 30.9 Å². The summed E-state index contributed by atoms with van der Waals surface area (Å²) in [6.45, 7) is -0.0236. The highest BCUT2D eigenvalue weighted by Gasteiger charge is 2.44. The van der Waals surface area contributed by atoms with Crippen molar-refractivity contribution in [3.63, 3.8) is 0 Å². The van der Waals surface area contributed by atoms with Crippen LogP contribution in [0.1, 0.15) is 25.0 Å². The van der Waals surface area contributed by atoms with E-state index in [1.165, 1.54) is 7.11 Å². The number of imidazole rings is 1. The molecule has 2 heterocycles. The maximum Gasteiger partial charge on any atom is 0.306 e. The van der Waals surface area contributed by atoms with Crippen molar-refractivity contribution in [2.75, 3.05) is 12.9 Å². The molecule has 0 aromatic carbocycles. The molecule has 1 aliphatic carbocycles. The monoisotopic (exact) mass is 312 g/mol. The van der Waals surface area contributed by atoms with Crippen molar-refractivity contribution in [2.24, 2.45) is 5.41 Å². The average Bonchev–Trinajstić information content (AvgIpc) is 2.91. The van der Waals surface area contributed by atoms with E-state index in [9.17, 15) is 9.90 Å². The number of carbonyl (C=O) groups is 1. The Bertz CT molecular complexity index is 631. The summed E-state index contributed by atoms with van der Waals surface area (Å²) in [6, 6.07) is 0. The molecule has 1 aliphatic rings. The van der Waals surface area contributed by atoms with Crippen molar-refractivity contribution in [3.05, 3.63) is 17.3 Å². The number of carbonyl (C=O) groups excluding carboxylic acids is 1. The van der Waals surface area contributed by atoms with E-state index in [1.54, 1.807) is 23.1 Å². The first-order valence-electron chi connectivity index (χ1n) is 6.42. The Balaban J connectivity index is 1.71. The second-order valence-corrected chi connectivity index (χ2v) is 6.96. The lowest BCUT2D eigenvalue weighted by Crippen LogP contribution is -2.13. The van der Waals surface area contributed by atoms with Gasteiger partial charge in [0, 0.05) is 17.3 Å². The minimum absolute atomic E-state index is 0.0236. The summed E-state index contributed by atoms with van der Waals surface area (Å²) in [7, 11) is 1.43. The van der Waals surface area contributed by atoms with Gasteiger partial charge in [-0.05, 0) is 18.3 Å². The lowest BCUT2D eigenvalue weighted by atomic mass is 10.1. The molecule has 2 aromatic heterocycles. The molecule has 0 spiro atoms. The first-order valence-corrected chi connectivity index (χ1v) is 8.29. The quantitative estimate of drug-likeness (QED) is 0.655. The SMILES string of the molecule is COC(=O)CC1(CSc2nc3sccn3c2CO)CC1. The predicted molar refractivity (Wildman–Crippen MR) is 78.0 cm³/mol. The van der Waals surface area contributed by atoms with Gasteiger partial charge in [0.15, 0.2) is 4.96 Å². The largest absolute Gasteiger partial charge is 0.469 e. The van der Waals surface area contributed by atoms with E-state index in [4.69, 9.17) is 4.74 Å². The van der Waals surface area contributed by atoms with Crippen molar-refractivity contribution in [1.29, 1.82) is 0 Å². The maximum absolute atomic E-state index is 11.4. The molecule has 1 N–H and O–H groups in total. The van der Waals surface area contributed by atoms with E-state index >= 15 is 0 Å². The van der Waals surface area contributed by atoms with Crippen LogP contribution in [0.15, 0.2) is 16.6 Å². The molecule has 108 valence electrons. The van der Waals surface area contributed by atoms with Crippen LogP contribution in [0, 0.1) is 5.41 Å². The summed E-state index contributed by atoms with van der Waals surface area (Å²) in [6.07, 6.45) is 4.52. The van der Waals surface area contributed by atoms with Crippen LogP contribution in [-0.2, 0) is 16.1 Å². The van der Waals surface area contributed by atoms with Crippen LogP contribution < -0.4 is 0 Å². The number of hydrogen-bond donors (Lipinski definition) is 1. The fourth-order valence-electron chi connectivity index (χ4n) is 2.22. The van der Waals surface area contributed by atoms with E-state index in [-0.39, 0.29) is 18.0 Å². The number of aliphatic hydroxyl groups is 1. The molecule has 5 nitrogen and oxygen atoms in total. The number of esters is 1. The van der Waals surface area contributed by atoms with E-state index in [0.717, 1.165) is 34.3 Å². The molecule has 0 saturated heterocycles. The van der Waals surface area contributed by atoms with Gasteiger partial charge in [0.25, 0.3) is 0 Å². The number of aliphatic hydroxyl groups excluding tert-OH is 1. The molecule has 0 unspecified atom stereocenters. The number of thioether (sulfide) groups is 1. The molecule has 0 atom stereocenters. The Kier molecular flexibility index (Phi) is 3.74. The molecular weight excluding hydrogens is 296 g/mol. The summed E-state index contributed by atoms with van der Waals surface area (Å²) >= 11 is 3.19. The number of thiazole rings is 1. The predicted octanol–water partition coefficient (Wildman–Crippen LogP) is 2.32. The van der Waals surface area contributed by atoms with Crippen LogP contribution in [0.3, 0.4) is 0 Å². The third-order valence-electron chi connectivity index (χ3n) is 3.69. The molecule has 7 heteroatoms. The number of fused-ring (bicyclic) bond motifs is 1. The Morgan fingerprint density at radius 1 is 1.65 bits per heavy atom. The summed E-state index contributed by atoms with van der Waals surface area (Å²) in [4.78, 5) is 16.9. The zero-order valence-electron chi connectivity index (χ0n) is 11.2. The molecule has 0 aliphatic heterocycles. The normalized spacial score (nSPS) is 16.5. The van der Waals surface area contributed by atoms with Gasteiger partial charge in [-0.1, -0.05) is 0 Å². The number of methoxy groups -OCH3 is 1. The highest BCUT2D eigenvalue weighted by Crippen LogP contribution is 2.52. The molecule has 0 amide bonds. The maximum atomic E-state index is 11.4. The Morgan fingerprint density at radius 2 is 2.45 bits per heavy atom. The molecular formula is C13H16N2O3S2. The topological polar surface area (TPSA) is 63.8 Å². The van der Waals surface area contributed by atoms with Gasteiger partial charge in [-0.15, -0.1) is 23.1 Å². The number of rotatable bonds is 6. The lowest BCUT2D eigenvalue weighted by Gasteiger charge is -2.12. The van der Waals surface area contributed by atoms with Crippen molar-refractivity contribution in [1.82, 2.24) is 9.38 Å². The van der Waals surface area contributed by atoms with Gasteiger partial charge in [0.05, 0.1) is 25.8 Å². The fraction of sp³-hybridized carbons (Fsp3) is 0.538. The van der Waals surface area contributed by atoms with Crippen molar-refractivity contribution < 1.29 is 14.6 Å². The first-order chi connectivity index (χ1) is 9.67. The lowest BCUT2D eigenvalue weighted by molar-refractivity contribution is -0.141. The van der Waals surface area contributed by atoms with Crippen LogP contribution in [-0.4, -0.2) is 33.3 Å². The number of ether oxygens (including phenoxy) is 1. The van der Waals surface area contributed by atoms with E-state index in [1.807, 2.05) is 16.0 Å². The highest BCUT2D eigenvalue weighted by atomic mass is 32.2. The fourth-order valence-corrected chi connectivity index (χ4v) is 4.33. The van der Waals surface area contributed by atoms with Crippen molar-refractivity contribution in [3.8, 4) is 0 Å². The van der Waals surface area contributed by atoms with Gasteiger partial charge in [-0.25, -0.2) is 4.98 Å². The molecule has 3 rings (SSSR count). The third-order valence-corrected chi connectivity index (χ3v) is 5.81. The molecule has 2 aromatic rings. The van der Waals surface area contributed by atoms with Crippen LogP contribution in [0.5, 0.6) is 0 Å². The zero-order chi connectivity index (χ0) is 14.2. The molecule has 0 bridgehead atoms. The summed E-state index contributed by atoms with van der Waals surface area (Å²) in [5, 5.41) is 12.3. The van der Waals surface area contributed by atoms with Crippen LogP contribution in [0.25, 0.3) is 4.96 Å². The Labute approximate surface area is 125 Å². The minimum atomic E-state index is -0.142. The second kappa shape index (κ2) is 5.38.